The first-order valence-electron chi connectivity index (χ1n) is 5.71. The third kappa shape index (κ3) is 9.21. The van der Waals surface area contributed by atoms with Crippen LogP contribution >= 0.6 is 11.8 Å². The minimum absolute atomic E-state index is 0.0970. The van der Waals surface area contributed by atoms with Crippen LogP contribution in [-0.2, 0) is 9.59 Å². The number of nitrogens with one attached hydrogen (secondary N) is 1. The second-order valence-electron chi connectivity index (χ2n) is 4.32. The van der Waals surface area contributed by atoms with Gasteiger partial charge in [-0.05, 0) is 18.1 Å². The van der Waals surface area contributed by atoms with E-state index in [4.69, 9.17) is 5.11 Å². The average molecular weight is 283 g/mol. The van der Waals surface area contributed by atoms with E-state index in [1.165, 1.54) is 11.8 Å². The molecule has 0 heterocycles. The number of carbonyl (C=O) groups is 2. The van der Waals surface area contributed by atoms with Crippen molar-refractivity contribution in [1.29, 1.82) is 0 Å². The highest BCUT2D eigenvalue weighted by molar-refractivity contribution is 7.99. The lowest BCUT2D eigenvalue weighted by atomic mass is 10.2. The molecule has 0 radical (unpaired) electrons. The lowest BCUT2D eigenvalue weighted by Crippen LogP contribution is -2.42. The first kappa shape index (κ1) is 17.2. The third-order valence-corrected chi connectivity index (χ3v) is 3.11. The predicted octanol–water partition coefficient (Wildman–Crippen LogP) is 1.99. The molecular weight excluding hydrogens is 264 g/mol. The number of aliphatic carboxylic acids is 1. The van der Waals surface area contributed by atoms with E-state index in [9.17, 15) is 18.4 Å². The molecule has 0 aliphatic heterocycles. The van der Waals surface area contributed by atoms with Crippen molar-refractivity contribution in [2.24, 2.45) is 5.92 Å². The van der Waals surface area contributed by atoms with Gasteiger partial charge in [0.1, 0.15) is 6.04 Å². The van der Waals surface area contributed by atoms with Crippen LogP contribution in [0.4, 0.5) is 8.78 Å². The van der Waals surface area contributed by atoms with Crippen molar-refractivity contribution in [2.45, 2.75) is 39.2 Å². The highest BCUT2D eigenvalue weighted by Gasteiger charge is 2.23. The molecule has 1 atom stereocenters. The summed E-state index contributed by atoms with van der Waals surface area (Å²) < 4.78 is 24.1. The number of thioether (sulfide) groups is 1. The number of carbonyl (C=O) groups excluding carboxylic acids is 1. The van der Waals surface area contributed by atoms with Crippen LogP contribution in [0.3, 0.4) is 0 Å². The zero-order chi connectivity index (χ0) is 14.1. The quantitative estimate of drug-likeness (QED) is 0.635. The van der Waals surface area contributed by atoms with E-state index in [1.807, 2.05) is 0 Å². The topological polar surface area (TPSA) is 66.4 Å². The van der Waals surface area contributed by atoms with Crippen LogP contribution in [-0.4, -0.2) is 41.0 Å². The van der Waals surface area contributed by atoms with Crippen LogP contribution in [0.15, 0.2) is 0 Å². The lowest BCUT2D eigenvalue weighted by molar-refractivity contribution is -0.142. The minimum Gasteiger partial charge on any atom is -0.480 e. The lowest BCUT2D eigenvalue weighted by Gasteiger charge is -2.13. The average Bonchev–Trinajstić information content (AvgIpc) is 2.22. The number of amides is 1. The highest BCUT2D eigenvalue weighted by Crippen LogP contribution is 2.09. The standard InChI is InChI=1S/C11H19F2NO3S/c1-7(2)3-4-18-6-10(15)14-8(11(16)17)5-9(12)13/h7-9H,3-6H2,1-2H3,(H,14,15)(H,16,17). The Kier molecular flexibility index (Phi) is 8.70. The fourth-order valence-corrected chi connectivity index (χ4v) is 2.17. The van der Waals surface area contributed by atoms with E-state index in [0.717, 1.165) is 12.2 Å². The zero-order valence-corrected chi connectivity index (χ0v) is 11.3. The van der Waals surface area contributed by atoms with Crippen LogP contribution < -0.4 is 5.32 Å². The fraction of sp³-hybridized carbons (Fsp3) is 0.818. The molecule has 0 bridgehead atoms. The van der Waals surface area contributed by atoms with Gasteiger partial charge in [0.2, 0.25) is 12.3 Å². The number of carboxylic acid groups (broad SMARTS) is 1. The van der Waals surface area contributed by atoms with Crippen LogP contribution in [0, 0.1) is 5.92 Å². The number of hydrogen-bond acceptors (Lipinski definition) is 3. The first-order valence-corrected chi connectivity index (χ1v) is 6.86. The molecule has 0 aliphatic carbocycles. The molecule has 1 amide bonds. The van der Waals surface area contributed by atoms with E-state index in [1.54, 1.807) is 0 Å². The van der Waals surface area contributed by atoms with Crippen LogP contribution in [0.25, 0.3) is 0 Å². The molecule has 18 heavy (non-hydrogen) atoms. The Labute approximate surface area is 110 Å². The van der Waals surface area contributed by atoms with Crippen molar-refractivity contribution in [2.75, 3.05) is 11.5 Å². The Balaban J connectivity index is 3.92. The van der Waals surface area contributed by atoms with Gasteiger partial charge >= 0.3 is 5.97 Å². The maximum atomic E-state index is 12.1. The van der Waals surface area contributed by atoms with Crippen LogP contribution in [0.5, 0.6) is 0 Å². The first-order chi connectivity index (χ1) is 8.32. The van der Waals surface area contributed by atoms with Gasteiger partial charge < -0.3 is 10.4 Å². The van der Waals surface area contributed by atoms with E-state index in [0.29, 0.717) is 5.92 Å². The number of alkyl halides is 2. The summed E-state index contributed by atoms with van der Waals surface area (Å²) in [5.74, 6) is -0.531. The number of halogens is 2. The third-order valence-electron chi connectivity index (χ3n) is 2.12. The molecule has 7 heteroatoms. The number of rotatable bonds is 9. The molecule has 0 spiro atoms. The van der Waals surface area contributed by atoms with Gasteiger partial charge in [0.05, 0.1) is 5.75 Å². The maximum absolute atomic E-state index is 12.1. The SMILES string of the molecule is CC(C)CCSCC(=O)NC(CC(F)F)C(=O)O. The minimum atomic E-state index is -2.75. The zero-order valence-electron chi connectivity index (χ0n) is 10.5. The predicted molar refractivity (Wildman–Crippen MR) is 67.0 cm³/mol. The van der Waals surface area contributed by atoms with Gasteiger partial charge in [-0.3, -0.25) is 4.79 Å². The highest BCUT2D eigenvalue weighted by atomic mass is 32.2. The Morgan fingerprint density at radius 2 is 1.94 bits per heavy atom. The molecule has 0 saturated carbocycles. The molecule has 0 rings (SSSR count). The van der Waals surface area contributed by atoms with Gasteiger partial charge in [-0.25, -0.2) is 13.6 Å². The van der Waals surface area contributed by atoms with Crippen molar-refractivity contribution < 1.29 is 23.5 Å². The summed E-state index contributed by atoms with van der Waals surface area (Å²) in [5.41, 5.74) is 0. The molecule has 4 nitrogen and oxygen atoms in total. The summed E-state index contributed by atoms with van der Waals surface area (Å²) in [6.07, 6.45) is -2.66. The van der Waals surface area contributed by atoms with Crippen LogP contribution in [0.1, 0.15) is 26.7 Å². The van der Waals surface area contributed by atoms with E-state index in [-0.39, 0.29) is 5.75 Å². The molecule has 106 valence electrons. The molecular formula is C11H19F2NO3S. The molecule has 0 fully saturated rings. The van der Waals surface area contributed by atoms with Crippen LogP contribution in [0.2, 0.25) is 0 Å². The molecule has 1 unspecified atom stereocenters. The molecule has 0 aromatic rings. The summed E-state index contributed by atoms with van der Waals surface area (Å²) >= 11 is 1.37. The normalized spacial score (nSPS) is 12.8. The number of carboxylic acids is 1. The Morgan fingerprint density at radius 1 is 1.33 bits per heavy atom. The van der Waals surface area contributed by atoms with E-state index < -0.39 is 30.8 Å². The van der Waals surface area contributed by atoms with Gasteiger partial charge in [-0.15, -0.1) is 0 Å². The van der Waals surface area contributed by atoms with Gasteiger partial charge in [-0.1, -0.05) is 13.8 Å². The Morgan fingerprint density at radius 3 is 2.39 bits per heavy atom. The number of hydrogen-bond donors (Lipinski definition) is 2. The molecule has 0 aromatic heterocycles. The Bertz CT molecular complexity index is 275. The van der Waals surface area contributed by atoms with Gasteiger partial charge in [0, 0.05) is 6.42 Å². The summed E-state index contributed by atoms with van der Waals surface area (Å²) in [7, 11) is 0. The van der Waals surface area contributed by atoms with Crippen molar-refractivity contribution in [3.63, 3.8) is 0 Å². The molecule has 0 saturated heterocycles. The molecule has 0 aliphatic rings. The molecule has 0 aromatic carbocycles. The summed E-state index contributed by atoms with van der Waals surface area (Å²) in [5, 5.41) is 10.8. The van der Waals surface area contributed by atoms with Gasteiger partial charge in [0.15, 0.2) is 0 Å². The van der Waals surface area contributed by atoms with Crippen molar-refractivity contribution in [3.05, 3.63) is 0 Å². The van der Waals surface area contributed by atoms with Crippen molar-refractivity contribution >= 4 is 23.6 Å². The Hall–Kier alpha value is -0.850. The summed E-state index contributed by atoms with van der Waals surface area (Å²) in [4.78, 5) is 22.0. The second-order valence-corrected chi connectivity index (χ2v) is 5.43. The van der Waals surface area contributed by atoms with Gasteiger partial charge in [-0.2, -0.15) is 11.8 Å². The van der Waals surface area contributed by atoms with E-state index >= 15 is 0 Å². The largest absolute Gasteiger partial charge is 0.480 e. The monoisotopic (exact) mass is 283 g/mol. The fourth-order valence-electron chi connectivity index (χ4n) is 1.12. The second kappa shape index (κ2) is 9.13. The van der Waals surface area contributed by atoms with Crippen molar-refractivity contribution in [3.8, 4) is 0 Å². The van der Waals surface area contributed by atoms with Gasteiger partial charge in [0.25, 0.3) is 0 Å². The summed E-state index contributed by atoms with van der Waals surface area (Å²) in [6.45, 7) is 4.12. The summed E-state index contributed by atoms with van der Waals surface area (Å²) in [6, 6.07) is -1.51. The maximum Gasteiger partial charge on any atom is 0.326 e. The van der Waals surface area contributed by atoms with Crippen molar-refractivity contribution in [1.82, 2.24) is 5.32 Å². The molecule has 2 N–H and O–H groups in total. The van der Waals surface area contributed by atoms with E-state index in [2.05, 4.69) is 19.2 Å². The smallest absolute Gasteiger partial charge is 0.326 e.